The first kappa shape index (κ1) is 11.4. The van der Waals surface area contributed by atoms with Crippen molar-refractivity contribution in [1.82, 2.24) is 0 Å². The fourth-order valence-corrected chi connectivity index (χ4v) is 0.938. The molecule has 1 unspecified atom stereocenters. The van der Waals surface area contributed by atoms with Gasteiger partial charge in [0, 0.05) is 6.42 Å². The van der Waals surface area contributed by atoms with Crippen molar-refractivity contribution in [3.8, 4) is 0 Å². The van der Waals surface area contributed by atoms with Gasteiger partial charge in [0.15, 0.2) is 0 Å². The molecule has 0 radical (unpaired) electrons. The number of rotatable bonds is 6. The number of unbranched alkanes of at least 4 members (excludes halogenated alkanes) is 2. The van der Waals surface area contributed by atoms with E-state index in [1.165, 1.54) is 6.92 Å². The lowest BCUT2D eigenvalue weighted by Gasteiger charge is -2.00. The van der Waals surface area contributed by atoms with Crippen LogP contribution in [0, 0.1) is 0 Å². The Morgan fingerprint density at radius 1 is 1.58 bits per heavy atom. The molecule has 0 aromatic carbocycles. The zero-order valence-electron chi connectivity index (χ0n) is 7.92. The van der Waals surface area contributed by atoms with Gasteiger partial charge in [-0.05, 0) is 13.3 Å². The molecule has 0 aliphatic rings. The van der Waals surface area contributed by atoms with Crippen LogP contribution >= 0.6 is 0 Å². The molecule has 1 N–H and O–H groups in total. The Hall–Kier alpha value is -0.630. The molecule has 2 nitrogen and oxygen atoms in total. The van der Waals surface area contributed by atoms with E-state index >= 15 is 0 Å². The lowest BCUT2D eigenvalue weighted by Crippen LogP contribution is -2.07. The predicted octanol–water partition coefficient (Wildman–Crippen LogP) is 2.07. The highest BCUT2D eigenvalue weighted by Gasteiger charge is 2.01. The van der Waals surface area contributed by atoms with E-state index in [1.807, 2.05) is 6.08 Å². The molecule has 0 fully saturated rings. The molecular formula is C10H18O2. The second kappa shape index (κ2) is 7.04. The molecule has 0 saturated heterocycles. The predicted molar refractivity (Wildman–Crippen MR) is 50.0 cm³/mol. The zero-order valence-corrected chi connectivity index (χ0v) is 7.92. The van der Waals surface area contributed by atoms with Gasteiger partial charge in [0.2, 0.25) is 0 Å². The van der Waals surface area contributed by atoms with Crippen molar-refractivity contribution in [2.75, 3.05) is 0 Å². The first-order chi connectivity index (χ1) is 5.66. The second-order valence-corrected chi connectivity index (χ2v) is 3.04. The third-order valence-electron chi connectivity index (χ3n) is 1.58. The lowest BCUT2D eigenvalue weighted by atomic mass is 10.1. The van der Waals surface area contributed by atoms with Crippen LogP contribution in [0.3, 0.4) is 0 Å². The topological polar surface area (TPSA) is 37.3 Å². The SMILES string of the molecule is CCCCC=CC(O)CC(C)=O. The van der Waals surface area contributed by atoms with Gasteiger partial charge >= 0.3 is 0 Å². The summed E-state index contributed by atoms with van der Waals surface area (Å²) in [5.41, 5.74) is 0. The minimum absolute atomic E-state index is 0.0302. The summed E-state index contributed by atoms with van der Waals surface area (Å²) >= 11 is 0. The minimum Gasteiger partial charge on any atom is -0.389 e. The van der Waals surface area contributed by atoms with Crippen molar-refractivity contribution in [2.24, 2.45) is 0 Å². The van der Waals surface area contributed by atoms with E-state index in [2.05, 4.69) is 6.92 Å². The number of aliphatic hydroxyl groups is 1. The summed E-state index contributed by atoms with van der Waals surface area (Å²) in [7, 11) is 0. The molecule has 0 heterocycles. The zero-order chi connectivity index (χ0) is 9.40. The number of carbonyl (C=O) groups is 1. The molecular weight excluding hydrogens is 152 g/mol. The first-order valence-electron chi connectivity index (χ1n) is 4.51. The number of ketones is 1. The van der Waals surface area contributed by atoms with Crippen LogP contribution in [0.2, 0.25) is 0 Å². The molecule has 0 rings (SSSR count). The quantitative estimate of drug-likeness (QED) is 0.489. The average molecular weight is 170 g/mol. The summed E-state index contributed by atoms with van der Waals surface area (Å²) in [5, 5.41) is 9.21. The lowest BCUT2D eigenvalue weighted by molar-refractivity contribution is -0.118. The largest absolute Gasteiger partial charge is 0.389 e. The van der Waals surface area contributed by atoms with Crippen LogP contribution in [-0.2, 0) is 4.79 Å². The van der Waals surface area contributed by atoms with Crippen LogP contribution in [0.15, 0.2) is 12.2 Å². The number of carbonyl (C=O) groups excluding carboxylic acids is 1. The maximum Gasteiger partial charge on any atom is 0.132 e. The van der Waals surface area contributed by atoms with Crippen LogP contribution in [0.5, 0.6) is 0 Å². The molecule has 1 atom stereocenters. The van der Waals surface area contributed by atoms with E-state index in [0.29, 0.717) is 0 Å². The Balaban J connectivity index is 3.46. The van der Waals surface area contributed by atoms with Gasteiger partial charge in [-0.2, -0.15) is 0 Å². The van der Waals surface area contributed by atoms with Gasteiger partial charge in [0.05, 0.1) is 6.10 Å². The number of hydrogen-bond acceptors (Lipinski definition) is 2. The smallest absolute Gasteiger partial charge is 0.132 e. The number of aliphatic hydroxyl groups excluding tert-OH is 1. The highest BCUT2D eigenvalue weighted by molar-refractivity contribution is 5.76. The van der Waals surface area contributed by atoms with Crippen molar-refractivity contribution in [1.29, 1.82) is 0 Å². The van der Waals surface area contributed by atoms with Crippen LogP contribution < -0.4 is 0 Å². The van der Waals surface area contributed by atoms with Crippen LogP contribution in [0.25, 0.3) is 0 Å². The molecule has 0 bridgehead atoms. The van der Waals surface area contributed by atoms with E-state index in [9.17, 15) is 9.90 Å². The highest BCUT2D eigenvalue weighted by atomic mass is 16.3. The molecule has 0 amide bonds. The molecule has 0 aliphatic heterocycles. The molecule has 2 heteroatoms. The highest BCUT2D eigenvalue weighted by Crippen LogP contribution is 1.99. The summed E-state index contributed by atoms with van der Waals surface area (Å²) in [6, 6.07) is 0. The number of hydrogen-bond donors (Lipinski definition) is 1. The van der Waals surface area contributed by atoms with Crippen molar-refractivity contribution in [2.45, 2.75) is 45.6 Å². The van der Waals surface area contributed by atoms with Crippen molar-refractivity contribution in [3.05, 3.63) is 12.2 Å². The monoisotopic (exact) mass is 170 g/mol. The van der Waals surface area contributed by atoms with E-state index in [0.717, 1.165) is 19.3 Å². The van der Waals surface area contributed by atoms with E-state index in [4.69, 9.17) is 0 Å². The normalized spacial score (nSPS) is 13.6. The van der Waals surface area contributed by atoms with Gasteiger partial charge in [-0.3, -0.25) is 4.79 Å². The minimum atomic E-state index is -0.584. The molecule has 0 aromatic rings. The average Bonchev–Trinajstić information content (AvgIpc) is 1.97. The third kappa shape index (κ3) is 7.48. The Bertz CT molecular complexity index is 150. The van der Waals surface area contributed by atoms with Gasteiger partial charge in [0.1, 0.15) is 5.78 Å². The third-order valence-corrected chi connectivity index (χ3v) is 1.58. The van der Waals surface area contributed by atoms with E-state index < -0.39 is 6.10 Å². The maximum atomic E-state index is 10.5. The summed E-state index contributed by atoms with van der Waals surface area (Å²) in [6.07, 6.45) is 6.60. The molecule has 0 aromatic heterocycles. The maximum absolute atomic E-state index is 10.5. The summed E-state index contributed by atoms with van der Waals surface area (Å²) in [6.45, 7) is 3.61. The van der Waals surface area contributed by atoms with E-state index in [-0.39, 0.29) is 12.2 Å². The van der Waals surface area contributed by atoms with Gasteiger partial charge in [0.25, 0.3) is 0 Å². The number of Topliss-reactive ketones (excluding diaryl/α,β-unsaturated/α-hetero) is 1. The molecule has 12 heavy (non-hydrogen) atoms. The van der Waals surface area contributed by atoms with Crippen molar-refractivity contribution >= 4 is 5.78 Å². The molecule has 0 saturated carbocycles. The summed E-state index contributed by atoms with van der Waals surface area (Å²) in [5.74, 6) is 0.0302. The fraction of sp³-hybridized carbons (Fsp3) is 0.700. The summed E-state index contributed by atoms with van der Waals surface area (Å²) < 4.78 is 0. The second-order valence-electron chi connectivity index (χ2n) is 3.04. The standard InChI is InChI=1S/C10H18O2/c1-3-4-5-6-7-10(12)8-9(2)11/h6-7,10,12H,3-5,8H2,1-2H3. The Labute approximate surface area is 74.3 Å². The number of allylic oxidation sites excluding steroid dienone is 1. The molecule has 70 valence electrons. The van der Waals surface area contributed by atoms with Crippen LogP contribution in [0.1, 0.15) is 39.5 Å². The van der Waals surface area contributed by atoms with Crippen LogP contribution in [-0.4, -0.2) is 17.0 Å². The Morgan fingerprint density at radius 2 is 2.25 bits per heavy atom. The van der Waals surface area contributed by atoms with Crippen molar-refractivity contribution in [3.63, 3.8) is 0 Å². The van der Waals surface area contributed by atoms with Gasteiger partial charge in [-0.15, -0.1) is 0 Å². The van der Waals surface area contributed by atoms with Gasteiger partial charge < -0.3 is 5.11 Å². The van der Waals surface area contributed by atoms with Gasteiger partial charge in [-0.1, -0.05) is 31.9 Å². The Kier molecular flexibility index (Phi) is 6.67. The molecule has 0 spiro atoms. The summed E-state index contributed by atoms with van der Waals surface area (Å²) in [4.78, 5) is 10.5. The first-order valence-corrected chi connectivity index (χ1v) is 4.51. The van der Waals surface area contributed by atoms with Crippen LogP contribution in [0.4, 0.5) is 0 Å². The Morgan fingerprint density at radius 3 is 2.75 bits per heavy atom. The van der Waals surface area contributed by atoms with E-state index in [1.54, 1.807) is 6.08 Å². The fourth-order valence-electron chi connectivity index (χ4n) is 0.938. The van der Waals surface area contributed by atoms with Gasteiger partial charge in [-0.25, -0.2) is 0 Å². The molecule has 0 aliphatic carbocycles. The van der Waals surface area contributed by atoms with Crippen molar-refractivity contribution < 1.29 is 9.90 Å².